The minimum absolute atomic E-state index is 0.0296. The van der Waals surface area contributed by atoms with E-state index in [4.69, 9.17) is 16.3 Å². The van der Waals surface area contributed by atoms with Crippen LogP contribution in [-0.2, 0) is 6.54 Å². The maximum atomic E-state index is 12.3. The van der Waals surface area contributed by atoms with E-state index < -0.39 is 0 Å². The van der Waals surface area contributed by atoms with E-state index >= 15 is 0 Å². The number of likely N-dealkylation sites (tertiary alicyclic amines) is 1. The number of aromatic nitrogens is 2. The number of hydrogen-bond acceptors (Lipinski definition) is 3. The molecule has 24 heavy (non-hydrogen) atoms. The summed E-state index contributed by atoms with van der Waals surface area (Å²) in [6.45, 7) is 2.60. The van der Waals surface area contributed by atoms with Crippen LogP contribution in [0.5, 0.6) is 5.75 Å². The summed E-state index contributed by atoms with van der Waals surface area (Å²) in [5.74, 6) is 0.673. The van der Waals surface area contributed by atoms with Gasteiger partial charge in [-0.2, -0.15) is 0 Å². The summed E-state index contributed by atoms with van der Waals surface area (Å²) in [4.78, 5) is 18.1. The number of benzene rings is 1. The Hall–Kier alpha value is -2.21. The number of carbonyl (C=O) groups excluding carboxylic acids is 1. The third-order valence-electron chi connectivity index (χ3n) is 4.00. The predicted molar refractivity (Wildman–Crippen MR) is 92.3 cm³/mol. The monoisotopic (exact) mass is 348 g/mol. The molecule has 1 aromatic heterocycles. The van der Waals surface area contributed by atoms with Gasteiger partial charge >= 0.3 is 6.03 Å². The summed E-state index contributed by atoms with van der Waals surface area (Å²) in [7, 11) is 0. The molecule has 0 unspecified atom stereocenters. The van der Waals surface area contributed by atoms with E-state index in [0.29, 0.717) is 30.4 Å². The van der Waals surface area contributed by atoms with Crippen molar-refractivity contribution >= 4 is 17.6 Å². The van der Waals surface area contributed by atoms with Crippen molar-refractivity contribution in [2.45, 2.75) is 25.5 Å². The van der Waals surface area contributed by atoms with Crippen molar-refractivity contribution in [2.75, 3.05) is 19.6 Å². The van der Waals surface area contributed by atoms with Crippen molar-refractivity contribution < 1.29 is 9.53 Å². The maximum absolute atomic E-state index is 12.3. The summed E-state index contributed by atoms with van der Waals surface area (Å²) in [6, 6.07) is 7.37. The second kappa shape index (κ2) is 8.06. The van der Waals surface area contributed by atoms with E-state index in [-0.39, 0.29) is 12.1 Å². The van der Waals surface area contributed by atoms with Crippen molar-refractivity contribution in [3.8, 4) is 5.75 Å². The third-order valence-corrected chi connectivity index (χ3v) is 4.31. The molecule has 1 N–H and O–H groups in total. The van der Waals surface area contributed by atoms with E-state index in [9.17, 15) is 4.79 Å². The van der Waals surface area contributed by atoms with Gasteiger partial charge in [0.1, 0.15) is 11.9 Å². The van der Waals surface area contributed by atoms with E-state index in [1.54, 1.807) is 23.5 Å². The number of hydrogen-bond donors (Lipinski definition) is 1. The van der Waals surface area contributed by atoms with Gasteiger partial charge in [0.2, 0.25) is 0 Å². The van der Waals surface area contributed by atoms with E-state index in [2.05, 4.69) is 10.3 Å². The van der Waals surface area contributed by atoms with Gasteiger partial charge in [0, 0.05) is 32.0 Å². The summed E-state index contributed by atoms with van der Waals surface area (Å²) in [6.07, 6.45) is 7.15. The summed E-state index contributed by atoms with van der Waals surface area (Å²) >= 11 is 6.13. The highest BCUT2D eigenvalue weighted by atomic mass is 35.5. The van der Waals surface area contributed by atoms with Crippen LogP contribution in [0, 0.1) is 0 Å². The van der Waals surface area contributed by atoms with Crippen molar-refractivity contribution in [1.29, 1.82) is 0 Å². The molecule has 3 rings (SSSR count). The van der Waals surface area contributed by atoms with Gasteiger partial charge < -0.3 is 19.5 Å². The topological polar surface area (TPSA) is 59.4 Å². The number of piperidine rings is 1. The van der Waals surface area contributed by atoms with Crippen LogP contribution in [0.15, 0.2) is 43.0 Å². The van der Waals surface area contributed by atoms with Gasteiger partial charge in [-0.3, -0.25) is 0 Å². The number of halogens is 1. The smallest absolute Gasteiger partial charge is 0.317 e. The van der Waals surface area contributed by atoms with Crippen LogP contribution in [0.1, 0.15) is 12.8 Å². The van der Waals surface area contributed by atoms with Crippen LogP contribution in [0.4, 0.5) is 4.79 Å². The molecule has 0 bridgehead atoms. The summed E-state index contributed by atoms with van der Waals surface area (Å²) in [5.41, 5.74) is 0. The van der Waals surface area contributed by atoms with Gasteiger partial charge in [-0.25, -0.2) is 9.78 Å². The average Bonchev–Trinajstić information content (AvgIpc) is 3.10. The lowest BCUT2D eigenvalue weighted by Gasteiger charge is -2.33. The molecule has 0 radical (unpaired) electrons. The van der Waals surface area contributed by atoms with Crippen LogP contribution in [0.25, 0.3) is 0 Å². The van der Waals surface area contributed by atoms with Gasteiger partial charge in [0.05, 0.1) is 17.9 Å². The van der Waals surface area contributed by atoms with Crippen molar-refractivity contribution in [1.82, 2.24) is 19.8 Å². The molecule has 1 saturated heterocycles. The van der Waals surface area contributed by atoms with Crippen molar-refractivity contribution in [3.05, 3.63) is 48.0 Å². The fourth-order valence-electron chi connectivity index (χ4n) is 2.76. The van der Waals surface area contributed by atoms with Gasteiger partial charge in [-0.1, -0.05) is 23.7 Å². The van der Waals surface area contributed by atoms with Gasteiger partial charge in [0.25, 0.3) is 0 Å². The first-order valence-electron chi connectivity index (χ1n) is 8.12. The second-order valence-corrected chi connectivity index (χ2v) is 6.20. The van der Waals surface area contributed by atoms with E-state index in [0.717, 1.165) is 19.4 Å². The zero-order valence-corrected chi connectivity index (χ0v) is 14.2. The van der Waals surface area contributed by atoms with Gasteiger partial charge in [-0.05, 0) is 25.0 Å². The Balaban J connectivity index is 1.47. The molecular weight excluding hydrogens is 328 g/mol. The number of imidazole rings is 1. The number of para-hydroxylation sites is 1. The summed E-state index contributed by atoms with van der Waals surface area (Å²) in [5, 5.41) is 3.54. The lowest BCUT2D eigenvalue weighted by atomic mass is 10.1. The molecule has 7 heteroatoms. The highest BCUT2D eigenvalue weighted by molar-refractivity contribution is 6.32. The first kappa shape index (κ1) is 16.6. The van der Waals surface area contributed by atoms with E-state index in [1.807, 2.05) is 29.0 Å². The lowest BCUT2D eigenvalue weighted by Crippen LogP contribution is -2.49. The first-order chi connectivity index (χ1) is 11.7. The maximum Gasteiger partial charge on any atom is 0.317 e. The average molecular weight is 349 g/mol. The molecule has 128 valence electrons. The molecule has 2 heterocycles. The Kier molecular flexibility index (Phi) is 5.59. The Morgan fingerprint density at radius 3 is 3.08 bits per heavy atom. The molecule has 6 nitrogen and oxygen atoms in total. The molecule has 1 fully saturated rings. The van der Waals surface area contributed by atoms with Crippen LogP contribution >= 0.6 is 11.6 Å². The molecule has 1 atom stereocenters. The fraction of sp³-hybridized carbons (Fsp3) is 0.412. The molecule has 2 aromatic rings. The molecule has 1 aliphatic heterocycles. The number of rotatable bonds is 5. The number of nitrogens with zero attached hydrogens (tertiary/aromatic N) is 3. The molecule has 0 saturated carbocycles. The third kappa shape index (κ3) is 4.41. The quantitative estimate of drug-likeness (QED) is 0.903. The Morgan fingerprint density at radius 1 is 1.42 bits per heavy atom. The molecule has 1 aromatic carbocycles. The minimum atomic E-state index is -0.0532. The number of urea groups is 1. The van der Waals surface area contributed by atoms with E-state index in [1.165, 1.54) is 0 Å². The fourth-order valence-corrected chi connectivity index (χ4v) is 2.94. The minimum Gasteiger partial charge on any atom is -0.487 e. The number of nitrogens with one attached hydrogen (secondary N) is 1. The SMILES string of the molecule is O=C(NCCn1ccnc1)N1CCC[C@H](Oc2ccccc2Cl)C1. The number of carbonyl (C=O) groups is 1. The van der Waals surface area contributed by atoms with Gasteiger partial charge in [-0.15, -0.1) is 0 Å². The van der Waals surface area contributed by atoms with Gasteiger partial charge in [0.15, 0.2) is 0 Å². The number of amides is 2. The first-order valence-corrected chi connectivity index (χ1v) is 8.50. The molecule has 2 amide bonds. The van der Waals surface area contributed by atoms with Crippen LogP contribution < -0.4 is 10.1 Å². The Labute approximate surface area is 146 Å². The van der Waals surface area contributed by atoms with Crippen molar-refractivity contribution in [3.63, 3.8) is 0 Å². The van der Waals surface area contributed by atoms with Crippen LogP contribution in [0.3, 0.4) is 0 Å². The second-order valence-electron chi connectivity index (χ2n) is 5.79. The molecule has 1 aliphatic rings. The number of ether oxygens (including phenoxy) is 1. The lowest BCUT2D eigenvalue weighted by molar-refractivity contribution is 0.101. The highest BCUT2D eigenvalue weighted by Crippen LogP contribution is 2.26. The zero-order chi connectivity index (χ0) is 16.8. The Bertz CT molecular complexity index is 662. The highest BCUT2D eigenvalue weighted by Gasteiger charge is 2.25. The predicted octanol–water partition coefficient (Wildman–Crippen LogP) is 2.79. The Morgan fingerprint density at radius 2 is 2.29 bits per heavy atom. The standard InChI is InChI=1S/C17H21ClN4O2/c18-15-5-1-2-6-16(15)24-14-4-3-9-22(12-14)17(23)20-8-11-21-10-7-19-13-21/h1-2,5-7,10,13-14H,3-4,8-9,11-12H2,(H,20,23)/t14-/m0/s1. The van der Waals surface area contributed by atoms with Crippen LogP contribution in [0.2, 0.25) is 5.02 Å². The van der Waals surface area contributed by atoms with Crippen LogP contribution in [-0.4, -0.2) is 46.2 Å². The largest absolute Gasteiger partial charge is 0.487 e. The summed E-state index contributed by atoms with van der Waals surface area (Å²) < 4.78 is 7.89. The molecule has 0 spiro atoms. The molecular formula is C17H21ClN4O2. The normalized spacial score (nSPS) is 17.5. The van der Waals surface area contributed by atoms with Crippen molar-refractivity contribution in [2.24, 2.45) is 0 Å². The zero-order valence-electron chi connectivity index (χ0n) is 13.4. The molecule has 0 aliphatic carbocycles.